The summed E-state index contributed by atoms with van der Waals surface area (Å²) in [6.45, 7) is 8.16. The molecular formula is C20H40N4O2S. The van der Waals surface area contributed by atoms with E-state index in [-0.39, 0.29) is 11.8 Å². The molecule has 1 aliphatic carbocycles. The predicted molar refractivity (Wildman–Crippen MR) is 114 cm³/mol. The van der Waals surface area contributed by atoms with Gasteiger partial charge in [-0.1, -0.05) is 19.3 Å². The van der Waals surface area contributed by atoms with Crippen LogP contribution >= 0.6 is 0 Å². The van der Waals surface area contributed by atoms with Crippen LogP contribution in [0.2, 0.25) is 0 Å². The molecule has 2 unspecified atom stereocenters. The van der Waals surface area contributed by atoms with Gasteiger partial charge in [0.15, 0.2) is 5.96 Å². The Morgan fingerprint density at radius 1 is 1.19 bits per heavy atom. The zero-order valence-corrected chi connectivity index (χ0v) is 18.4. The molecule has 27 heavy (non-hydrogen) atoms. The number of likely N-dealkylation sites (tertiary alicyclic amines) is 1. The Balaban J connectivity index is 1.84. The molecule has 1 saturated heterocycles. The highest BCUT2D eigenvalue weighted by Gasteiger charge is 2.27. The van der Waals surface area contributed by atoms with Gasteiger partial charge in [0.05, 0.1) is 12.3 Å². The molecule has 0 bridgehead atoms. The Morgan fingerprint density at radius 3 is 2.59 bits per heavy atom. The molecular weight excluding hydrogens is 360 g/mol. The van der Waals surface area contributed by atoms with Gasteiger partial charge >= 0.3 is 0 Å². The van der Waals surface area contributed by atoms with Gasteiger partial charge in [0.25, 0.3) is 0 Å². The summed E-state index contributed by atoms with van der Waals surface area (Å²) in [5.41, 5.74) is 0. The van der Waals surface area contributed by atoms with Crippen molar-refractivity contribution in [1.29, 1.82) is 0 Å². The molecule has 158 valence electrons. The van der Waals surface area contributed by atoms with Crippen LogP contribution in [0.4, 0.5) is 0 Å². The van der Waals surface area contributed by atoms with Crippen molar-refractivity contribution in [1.82, 2.24) is 15.5 Å². The average Bonchev–Trinajstić information content (AvgIpc) is 3.05. The normalized spacial score (nSPS) is 24.1. The molecule has 1 heterocycles. The summed E-state index contributed by atoms with van der Waals surface area (Å²) in [7, 11) is -2.92. The maximum Gasteiger partial charge on any atom is 0.191 e. The molecule has 0 amide bonds. The standard InChI is InChI=1S/C20H40N4O2S/c1-4-21-20(23-17(2)12-14-27(3,25)26)22-15-19-11-8-13-24(19)16-18-9-6-5-7-10-18/h17-19H,4-16H2,1-3H3,(H2,21,22,23). The van der Waals surface area contributed by atoms with Crippen molar-refractivity contribution >= 4 is 15.8 Å². The van der Waals surface area contributed by atoms with Crippen molar-refractivity contribution < 1.29 is 8.42 Å². The van der Waals surface area contributed by atoms with Crippen molar-refractivity contribution in [2.24, 2.45) is 10.9 Å². The second-order valence-corrected chi connectivity index (χ2v) is 10.7. The van der Waals surface area contributed by atoms with Gasteiger partial charge in [-0.25, -0.2) is 8.42 Å². The lowest BCUT2D eigenvalue weighted by Crippen LogP contribution is -2.44. The molecule has 0 radical (unpaired) electrons. The summed E-state index contributed by atoms with van der Waals surface area (Å²) < 4.78 is 22.7. The van der Waals surface area contributed by atoms with Gasteiger partial charge in [0.1, 0.15) is 9.84 Å². The topological polar surface area (TPSA) is 73.8 Å². The first kappa shape index (κ1) is 22.5. The van der Waals surface area contributed by atoms with Crippen molar-refractivity contribution in [3.8, 4) is 0 Å². The zero-order valence-electron chi connectivity index (χ0n) is 17.5. The first-order chi connectivity index (χ1) is 12.9. The van der Waals surface area contributed by atoms with Crippen LogP contribution in [0.15, 0.2) is 4.99 Å². The van der Waals surface area contributed by atoms with E-state index >= 15 is 0 Å². The third-order valence-corrected chi connectivity index (χ3v) is 6.80. The molecule has 2 rings (SSSR count). The third-order valence-electron chi connectivity index (χ3n) is 5.83. The molecule has 1 aliphatic heterocycles. The first-order valence-corrected chi connectivity index (χ1v) is 12.9. The molecule has 6 nitrogen and oxygen atoms in total. The van der Waals surface area contributed by atoms with Crippen LogP contribution in [0.5, 0.6) is 0 Å². The van der Waals surface area contributed by atoms with E-state index in [1.807, 2.05) is 6.92 Å². The monoisotopic (exact) mass is 400 g/mol. The van der Waals surface area contributed by atoms with Gasteiger partial charge in [-0.3, -0.25) is 9.89 Å². The highest BCUT2D eigenvalue weighted by molar-refractivity contribution is 7.90. The van der Waals surface area contributed by atoms with Gasteiger partial charge in [-0.2, -0.15) is 0 Å². The number of hydrogen-bond donors (Lipinski definition) is 2. The summed E-state index contributed by atoms with van der Waals surface area (Å²) in [5.74, 6) is 1.90. The molecule has 7 heteroatoms. The minimum atomic E-state index is -2.92. The lowest BCUT2D eigenvalue weighted by molar-refractivity contribution is 0.191. The first-order valence-electron chi connectivity index (χ1n) is 10.8. The highest BCUT2D eigenvalue weighted by Crippen LogP contribution is 2.27. The molecule has 2 atom stereocenters. The molecule has 0 aromatic rings. The Kier molecular flexibility index (Phi) is 9.36. The average molecular weight is 401 g/mol. The van der Waals surface area contributed by atoms with Crippen LogP contribution in [0, 0.1) is 5.92 Å². The van der Waals surface area contributed by atoms with Crippen LogP contribution in [0.3, 0.4) is 0 Å². The molecule has 2 aliphatic rings. The Hall–Kier alpha value is -0.820. The van der Waals surface area contributed by atoms with E-state index < -0.39 is 9.84 Å². The second kappa shape index (κ2) is 11.2. The minimum absolute atomic E-state index is 0.0828. The number of hydrogen-bond acceptors (Lipinski definition) is 4. The van der Waals surface area contributed by atoms with Crippen LogP contribution < -0.4 is 10.6 Å². The van der Waals surface area contributed by atoms with E-state index in [9.17, 15) is 8.42 Å². The SMILES string of the molecule is CCNC(=NCC1CCCN1CC1CCCCC1)NC(C)CCS(C)(=O)=O. The van der Waals surface area contributed by atoms with Gasteiger partial charge in [0, 0.05) is 31.4 Å². The number of sulfone groups is 1. The summed E-state index contributed by atoms with van der Waals surface area (Å²) in [6.07, 6.45) is 11.4. The molecule has 0 spiro atoms. The summed E-state index contributed by atoms with van der Waals surface area (Å²) in [5, 5.41) is 6.67. The highest BCUT2D eigenvalue weighted by atomic mass is 32.2. The van der Waals surface area contributed by atoms with E-state index in [1.165, 1.54) is 64.3 Å². The molecule has 2 fully saturated rings. The van der Waals surface area contributed by atoms with Gasteiger partial charge < -0.3 is 10.6 Å². The Bertz CT molecular complexity index is 558. The van der Waals surface area contributed by atoms with Gasteiger partial charge in [0.2, 0.25) is 0 Å². The molecule has 0 aromatic carbocycles. The van der Waals surface area contributed by atoms with E-state index in [0.29, 0.717) is 12.5 Å². The summed E-state index contributed by atoms with van der Waals surface area (Å²) >= 11 is 0. The van der Waals surface area contributed by atoms with E-state index in [4.69, 9.17) is 4.99 Å². The fourth-order valence-electron chi connectivity index (χ4n) is 4.26. The summed E-state index contributed by atoms with van der Waals surface area (Å²) in [4.78, 5) is 7.49. The molecule has 1 saturated carbocycles. The lowest BCUT2D eigenvalue weighted by atomic mass is 9.89. The molecule has 2 N–H and O–H groups in total. The largest absolute Gasteiger partial charge is 0.357 e. The van der Waals surface area contributed by atoms with Gasteiger partial charge in [-0.15, -0.1) is 0 Å². The Labute approximate surface area is 166 Å². The number of nitrogens with zero attached hydrogens (tertiary/aromatic N) is 2. The van der Waals surface area contributed by atoms with Crippen LogP contribution in [0.1, 0.15) is 65.2 Å². The second-order valence-electron chi connectivity index (χ2n) is 8.48. The predicted octanol–water partition coefficient (Wildman–Crippen LogP) is 2.41. The Morgan fingerprint density at radius 2 is 1.93 bits per heavy atom. The number of nitrogens with one attached hydrogen (secondary N) is 2. The van der Waals surface area contributed by atoms with Crippen molar-refractivity contribution in [3.05, 3.63) is 0 Å². The number of guanidine groups is 1. The van der Waals surface area contributed by atoms with Crippen molar-refractivity contribution in [3.63, 3.8) is 0 Å². The number of rotatable bonds is 9. The van der Waals surface area contributed by atoms with Crippen LogP contribution in [0.25, 0.3) is 0 Å². The fourth-order valence-corrected chi connectivity index (χ4v) is 5.04. The fraction of sp³-hybridized carbons (Fsp3) is 0.950. The zero-order chi connectivity index (χ0) is 19.7. The van der Waals surface area contributed by atoms with E-state index in [1.54, 1.807) is 0 Å². The van der Waals surface area contributed by atoms with Crippen molar-refractivity contribution in [2.75, 3.05) is 38.2 Å². The van der Waals surface area contributed by atoms with Gasteiger partial charge in [-0.05, 0) is 58.4 Å². The third kappa shape index (κ3) is 8.81. The lowest BCUT2D eigenvalue weighted by Gasteiger charge is -2.30. The van der Waals surface area contributed by atoms with Crippen molar-refractivity contribution in [2.45, 2.75) is 77.3 Å². The smallest absolute Gasteiger partial charge is 0.191 e. The summed E-state index contributed by atoms with van der Waals surface area (Å²) in [6, 6.07) is 0.633. The quantitative estimate of drug-likeness (QED) is 0.459. The van der Waals surface area contributed by atoms with Crippen LogP contribution in [-0.4, -0.2) is 69.5 Å². The maximum atomic E-state index is 11.4. The van der Waals surface area contributed by atoms with Crippen LogP contribution in [-0.2, 0) is 9.84 Å². The van der Waals surface area contributed by atoms with E-state index in [2.05, 4.69) is 22.5 Å². The molecule has 0 aromatic heterocycles. The van der Waals surface area contributed by atoms with E-state index in [0.717, 1.165) is 25.0 Å². The maximum absolute atomic E-state index is 11.4. The minimum Gasteiger partial charge on any atom is -0.357 e. The number of aliphatic imine (C=N–C) groups is 1.